The van der Waals surface area contributed by atoms with Crippen molar-refractivity contribution in [1.82, 2.24) is 19.7 Å². The van der Waals surface area contributed by atoms with Crippen LogP contribution >= 0.6 is 0 Å². The number of amides is 2. The number of benzene rings is 2. The highest BCUT2D eigenvalue weighted by Gasteiger charge is 2.35. The maximum Gasteiger partial charge on any atom is 0.417 e. The molecule has 4 aromatic rings. The second-order valence-corrected chi connectivity index (χ2v) is 9.63. The molecule has 0 fully saturated rings. The predicted molar refractivity (Wildman–Crippen MR) is 142 cm³/mol. The van der Waals surface area contributed by atoms with Gasteiger partial charge >= 0.3 is 6.18 Å². The van der Waals surface area contributed by atoms with Crippen LogP contribution in [-0.2, 0) is 31.0 Å². The number of nitrogens with zero attached hydrogens (tertiary/aromatic N) is 4. The van der Waals surface area contributed by atoms with Crippen molar-refractivity contribution in [2.24, 2.45) is 7.05 Å². The Morgan fingerprint density at radius 1 is 1.07 bits per heavy atom. The van der Waals surface area contributed by atoms with E-state index >= 15 is 0 Å². The molecule has 5 rings (SSSR count). The highest BCUT2D eigenvalue weighted by molar-refractivity contribution is 6.06. The minimum atomic E-state index is -4.64. The summed E-state index contributed by atoms with van der Waals surface area (Å²) in [5.41, 5.74) is 2.05. The second kappa shape index (κ2) is 10.6. The van der Waals surface area contributed by atoms with Crippen LogP contribution in [0.25, 0.3) is 22.5 Å². The Bertz CT molecular complexity index is 1580. The lowest BCUT2D eigenvalue weighted by Gasteiger charge is -2.30. The Morgan fingerprint density at radius 2 is 1.82 bits per heavy atom. The van der Waals surface area contributed by atoms with Gasteiger partial charge in [0.05, 0.1) is 22.6 Å². The van der Waals surface area contributed by atoms with Crippen LogP contribution in [0.5, 0.6) is 0 Å². The van der Waals surface area contributed by atoms with Gasteiger partial charge in [-0.3, -0.25) is 19.3 Å². The maximum atomic E-state index is 13.8. The number of aryl methyl sites for hydroxylation is 1. The van der Waals surface area contributed by atoms with E-state index in [0.717, 1.165) is 23.4 Å². The topological polar surface area (TPSA) is 100 Å². The smallest absolute Gasteiger partial charge is 0.384 e. The molecule has 2 aromatic heterocycles. The van der Waals surface area contributed by atoms with Gasteiger partial charge in [-0.1, -0.05) is 30.3 Å². The van der Waals surface area contributed by atoms with E-state index in [-0.39, 0.29) is 23.4 Å². The van der Waals surface area contributed by atoms with E-state index in [0.29, 0.717) is 29.9 Å². The van der Waals surface area contributed by atoms with Crippen molar-refractivity contribution in [2.75, 3.05) is 11.9 Å². The summed E-state index contributed by atoms with van der Waals surface area (Å²) >= 11 is 0. The molecule has 1 aliphatic heterocycles. The summed E-state index contributed by atoms with van der Waals surface area (Å²) < 4.78 is 42.7. The van der Waals surface area contributed by atoms with Crippen LogP contribution in [0.3, 0.4) is 0 Å². The lowest BCUT2D eigenvalue weighted by molar-refractivity contribution is -0.140. The van der Waals surface area contributed by atoms with Gasteiger partial charge in [0.2, 0.25) is 0 Å². The summed E-state index contributed by atoms with van der Waals surface area (Å²) in [7, 11) is 1.59. The minimum absolute atomic E-state index is 0.0105. The van der Waals surface area contributed by atoms with E-state index < -0.39 is 29.7 Å². The molecule has 2 amide bonds. The fourth-order valence-electron chi connectivity index (χ4n) is 4.73. The third-order valence-corrected chi connectivity index (χ3v) is 6.71. The van der Waals surface area contributed by atoms with Crippen molar-refractivity contribution >= 4 is 17.5 Å². The average Bonchev–Trinajstić information content (AvgIpc) is 3.37. The van der Waals surface area contributed by atoms with Crippen molar-refractivity contribution < 1.29 is 27.9 Å². The number of carbonyl (C=O) groups excluding carboxylic acids is 2. The van der Waals surface area contributed by atoms with Crippen LogP contribution in [0.2, 0.25) is 0 Å². The quantitative estimate of drug-likeness (QED) is 0.377. The number of pyridine rings is 1. The number of aliphatic hydroxyl groups is 1. The van der Waals surface area contributed by atoms with E-state index in [1.807, 2.05) is 30.3 Å². The summed E-state index contributed by atoms with van der Waals surface area (Å²) in [4.78, 5) is 32.2. The molecule has 11 heteroatoms. The van der Waals surface area contributed by atoms with E-state index in [1.165, 1.54) is 34.8 Å². The van der Waals surface area contributed by atoms with Gasteiger partial charge in [-0.2, -0.15) is 18.3 Å². The number of hydrogen-bond acceptors (Lipinski definition) is 5. The Kier molecular flexibility index (Phi) is 7.16. The van der Waals surface area contributed by atoms with Crippen molar-refractivity contribution in [3.63, 3.8) is 0 Å². The molecule has 40 heavy (non-hydrogen) atoms. The largest absolute Gasteiger partial charge is 0.417 e. The summed E-state index contributed by atoms with van der Waals surface area (Å²) in [6.07, 6.45) is -3.79. The highest BCUT2D eigenvalue weighted by Crippen LogP contribution is 2.37. The molecule has 8 nitrogen and oxygen atoms in total. The average molecular weight is 550 g/mol. The van der Waals surface area contributed by atoms with Gasteiger partial charge in [-0.15, -0.1) is 0 Å². The Morgan fingerprint density at radius 3 is 2.48 bits per heavy atom. The van der Waals surface area contributed by atoms with E-state index in [9.17, 15) is 27.9 Å². The molecule has 0 unspecified atom stereocenters. The molecular formula is C29H26F3N5O3. The first-order valence-electron chi connectivity index (χ1n) is 12.6. The number of nitrogens with one attached hydrogen (secondary N) is 1. The highest BCUT2D eigenvalue weighted by atomic mass is 19.4. The number of aromatic nitrogens is 3. The minimum Gasteiger partial charge on any atom is -0.384 e. The molecule has 3 heterocycles. The number of carbonyl (C=O) groups is 2. The standard InChI is InChI=1S/C29H26F3N5O3/c1-17(38)28(40)37-13-11-23-20(16-37)15-25(26(33-23)18-6-4-3-5-7-18)34-27(39)19-8-9-22(29(30,31)32)21(14-19)24-10-12-36(2)35-24/h3-10,12,14-15,17,38H,11,13,16H2,1-2H3,(H,34,39)/t17-/m1/s1. The molecule has 1 atom stereocenters. The van der Waals surface area contributed by atoms with Crippen LogP contribution in [-0.4, -0.2) is 49.2 Å². The van der Waals surface area contributed by atoms with Crippen LogP contribution in [0.15, 0.2) is 66.9 Å². The van der Waals surface area contributed by atoms with Gasteiger partial charge in [0.1, 0.15) is 6.10 Å². The predicted octanol–water partition coefficient (Wildman–Crippen LogP) is 4.69. The Balaban J connectivity index is 1.54. The van der Waals surface area contributed by atoms with Gasteiger partial charge in [0.15, 0.2) is 0 Å². The zero-order valence-corrected chi connectivity index (χ0v) is 21.7. The van der Waals surface area contributed by atoms with Crippen LogP contribution in [0, 0.1) is 0 Å². The molecule has 0 aliphatic carbocycles. The lowest BCUT2D eigenvalue weighted by Crippen LogP contribution is -2.41. The molecular weight excluding hydrogens is 523 g/mol. The molecule has 0 bridgehead atoms. The van der Waals surface area contributed by atoms with E-state index in [4.69, 9.17) is 4.98 Å². The number of rotatable bonds is 5. The molecule has 206 valence electrons. The first kappa shape index (κ1) is 27.1. The number of fused-ring (bicyclic) bond motifs is 1. The van der Waals surface area contributed by atoms with Gasteiger partial charge in [0.25, 0.3) is 11.8 Å². The number of alkyl halides is 3. The normalized spacial score (nSPS) is 14.0. The Hall–Kier alpha value is -4.51. The number of aliphatic hydroxyl groups excluding tert-OH is 1. The van der Waals surface area contributed by atoms with Gasteiger partial charge in [-0.05, 0) is 42.8 Å². The number of hydrogen-bond donors (Lipinski definition) is 2. The van der Waals surface area contributed by atoms with Gasteiger partial charge < -0.3 is 15.3 Å². The van der Waals surface area contributed by atoms with Crippen molar-refractivity contribution in [3.8, 4) is 22.5 Å². The van der Waals surface area contributed by atoms with Crippen molar-refractivity contribution in [3.05, 3.63) is 89.2 Å². The molecule has 1 aliphatic rings. The van der Waals surface area contributed by atoms with Gasteiger partial charge in [0, 0.05) is 55.1 Å². The molecule has 0 saturated heterocycles. The monoisotopic (exact) mass is 549 g/mol. The summed E-state index contributed by atoms with van der Waals surface area (Å²) in [5, 5.41) is 16.7. The van der Waals surface area contributed by atoms with Gasteiger partial charge in [-0.25, -0.2) is 0 Å². The van der Waals surface area contributed by atoms with Crippen molar-refractivity contribution in [2.45, 2.75) is 32.2 Å². The molecule has 2 aromatic carbocycles. The van der Waals surface area contributed by atoms with Crippen LogP contribution in [0.4, 0.5) is 18.9 Å². The third kappa shape index (κ3) is 5.46. The lowest BCUT2D eigenvalue weighted by atomic mass is 9.99. The molecule has 2 N–H and O–H groups in total. The first-order chi connectivity index (χ1) is 19.0. The zero-order valence-electron chi connectivity index (χ0n) is 21.7. The first-order valence-corrected chi connectivity index (χ1v) is 12.6. The number of halogens is 3. The third-order valence-electron chi connectivity index (χ3n) is 6.71. The van der Waals surface area contributed by atoms with E-state index in [1.54, 1.807) is 13.1 Å². The molecule has 0 saturated carbocycles. The second-order valence-electron chi connectivity index (χ2n) is 9.63. The SMILES string of the molecule is C[C@@H](O)C(=O)N1CCc2nc(-c3ccccc3)c(NC(=O)c3ccc(C(F)(F)F)c(-c4ccn(C)n4)c3)cc2C1. The Labute approximate surface area is 228 Å². The maximum absolute atomic E-state index is 13.8. The van der Waals surface area contributed by atoms with Crippen LogP contribution < -0.4 is 5.32 Å². The molecule has 0 radical (unpaired) electrons. The molecule has 0 spiro atoms. The number of anilines is 1. The zero-order chi connectivity index (χ0) is 28.6. The van der Waals surface area contributed by atoms with Crippen molar-refractivity contribution in [1.29, 1.82) is 0 Å². The fourth-order valence-corrected chi connectivity index (χ4v) is 4.73. The van der Waals surface area contributed by atoms with E-state index in [2.05, 4.69) is 10.4 Å². The summed E-state index contributed by atoms with van der Waals surface area (Å²) in [5.74, 6) is -1.03. The van der Waals surface area contributed by atoms with Crippen LogP contribution in [0.1, 0.15) is 34.1 Å². The fraction of sp³-hybridized carbons (Fsp3) is 0.241. The summed E-state index contributed by atoms with van der Waals surface area (Å²) in [6.45, 7) is 2.00. The summed E-state index contributed by atoms with van der Waals surface area (Å²) in [6, 6.07) is 15.6.